The second-order valence-electron chi connectivity index (χ2n) is 23.3. The first-order valence-corrected chi connectivity index (χ1v) is 26.0. The summed E-state index contributed by atoms with van der Waals surface area (Å²) in [5, 5.41) is 0. The summed E-state index contributed by atoms with van der Waals surface area (Å²) in [5.74, 6) is 1.90. The van der Waals surface area contributed by atoms with Crippen molar-refractivity contribution < 1.29 is 4.79 Å². The highest BCUT2D eigenvalue weighted by Gasteiger charge is 2.74. The maximum atomic E-state index is 16.1. The Labute approximate surface area is 389 Å². The smallest absolute Gasteiger partial charge is 0.255 e. The zero-order valence-electron chi connectivity index (χ0n) is 38.6. The molecule has 6 saturated heterocycles. The first-order chi connectivity index (χ1) is 32.4. The van der Waals surface area contributed by atoms with E-state index < -0.39 is 0 Å². The highest BCUT2D eigenvalue weighted by Crippen LogP contribution is 2.70. The first-order valence-electron chi connectivity index (χ1n) is 26.0. The molecule has 7 nitrogen and oxygen atoms in total. The Balaban J connectivity index is 0.885. The lowest BCUT2D eigenvalue weighted by molar-refractivity contribution is -0.118. The summed E-state index contributed by atoms with van der Waals surface area (Å²) in [6.07, 6.45) is 22.4. The number of nitrogens with zero attached hydrogens (tertiary/aromatic N) is 6. The number of hydrogen-bond acceptors (Lipinski definition) is 6. The molecule has 3 aromatic rings. The average Bonchev–Trinajstić information content (AvgIpc) is 4.19. The van der Waals surface area contributed by atoms with Crippen LogP contribution >= 0.6 is 0 Å². The van der Waals surface area contributed by atoms with E-state index in [9.17, 15) is 0 Å². The van der Waals surface area contributed by atoms with Crippen molar-refractivity contribution in [3.05, 3.63) is 160 Å². The zero-order chi connectivity index (χ0) is 43.3. The number of rotatable bonds is 1. The van der Waals surface area contributed by atoms with E-state index in [-0.39, 0.29) is 34.4 Å². The second-order valence-corrected chi connectivity index (χ2v) is 23.3. The third-order valence-corrected chi connectivity index (χ3v) is 22.0. The van der Waals surface area contributed by atoms with Crippen LogP contribution in [0.3, 0.4) is 0 Å². The van der Waals surface area contributed by atoms with Crippen LogP contribution in [-0.2, 0) is 21.0 Å². The molecule has 7 heteroatoms. The lowest BCUT2D eigenvalue weighted by Crippen LogP contribution is -2.66. The molecule has 6 bridgehead atoms. The van der Waals surface area contributed by atoms with Gasteiger partial charge in [-0.3, -0.25) is 19.5 Å². The predicted octanol–water partition coefficient (Wildman–Crippen LogP) is 8.76. The number of benzene rings is 3. The molecular formula is C59H60N6O. The van der Waals surface area contributed by atoms with Crippen molar-refractivity contribution in [3.8, 4) is 0 Å². The predicted molar refractivity (Wildman–Crippen MR) is 260 cm³/mol. The molecule has 0 unspecified atom stereocenters. The van der Waals surface area contributed by atoms with E-state index in [1.807, 2.05) is 0 Å². The Hall–Kier alpha value is -4.95. The number of hydrogen-bond donors (Lipinski definition) is 0. The van der Waals surface area contributed by atoms with Gasteiger partial charge in [-0.05, 0) is 124 Å². The van der Waals surface area contributed by atoms with Crippen LogP contribution in [0.1, 0.15) is 76.0 Å². The summed E-state index contributed by atoms with van der Waals surface area (Å²) in [5.41, 5.74) is 17.7. The molecule has 0 radical (unpaired) electrons. The summed E-state index contributed by atoms with van der Waals surface area (Å²) < 4.78 is 0. The van der Waals surface area contributed by atoms with Gasteiger partial charge in [-0.1, -0.05) is 95.6 Å². The molecule has 0 N–H and O–H groups in total. The Morgan fingerprint density at radius 3 is 1.82 bits per heavy atom. The fourth-order valence-corrected chi connectivity index (χ4v) is 20.0. The monoisotopic (exact) mass is 868 g/mol. The van der Waals surface area contributed by atoms with Crippen molar-refractivity contribution in [2.75, 3.05) is 47.4 Å². The van der Waals surface area contributed by atoms with Crippen LogP contribution in [0, 0.1) is 23.7 Å². The quantitative estimate of drug-likeness (QED) is 0.228. The third kappa shape index (κ3) is 3.79. The minimum absolute atomic E-state index is 0.0101. The Kier molecular flexibility index (Phi) is 6.75. The lowest BCUT2D eigenvalue weighted by Gasteiger charge is -2.57. The SMILES string of the molecule is CC=C1CN2CC[C@@]34c5ccccc5N5C=C6[C@H]7C[C@@H]8N(CC7=CC)[C@@H](C7=C[C@@H]9[C@@H]%10N(C7=O)c7ccccc7[C@@]%107CCN%10C/C(=C\C)[C@@H]9C[C@H]%107)C[C@@]87c8ccccc8N(C=C([C@H]1C[C@H]23)[C@@H]54)[C@H]67. The number of anilines is 3. The van der Waals surface area contributed by atoms with Gasteiger partial charge in [0.1, 0.15) is 0 Å². The van der Waals surface area contributed by atoms with Crippen LogP contribution in [0.15, 0.2) is 143 Å². The summed E-state index contributed by atoms with van der Waals surface area (Å²) >= 11 is 0. The van der Waals surface area contributed by atoms with Crippen LogP contribution in [0.2, 0.25) is 0 Å². The second kappa shape index (κ2) is 12.0. The van der Waals surface area contributed by atoms with Gasteiger partial charge in [-0.2, -0.15) is 0 Å². The molecule has 1 amide bonds. The average molecular weight is 869 g/mol. The minimum atomic E-state index is -0.161. The largest absolute Gasteiger partial charge is 0.339 e. The van der Waals surface area contributed by atoms with Gasteiger partial charge in [0.15, 0.2) is 0 Å². The van der Waals surface area contributed by atoms with Crippen molar-refractivity contribution in [2.24, 2.45) is 23.7 Å². The van der Waals surface area contributed by atoms with Crippen LogP contribution in [0.25, 0.3) is 0 Å². The van der Waals surface area contributed by atoms with Gasteiger partial charge in [0.05, 0.1) is 18.1 Å². The van der Waals surface area contributed by atoms with Gasteiger partial charge in [0.25, 0.3) is 5.91 Å². The number of amides is 1. The molecule has 3 aromatic carbocycles. The molecule has 14 atom stereocenters. The fraction of sp³-hybridized carbons (Fsp3) is 0.475. The van der Waals surface area contributed by atoms with Gasteiger partial charge in [0, 0.05) is 113 Å². The van der Waals surface area contributed by atoms with Gasteiger partial charge in [-0.15, -0.1) is 0 Å². The van der Waals surface area contributed by atoms with Crippen LogP contribution < -0.4 is 14.7 Å². The van der Waals surface area contributed by atoms with Crippen molar-refractivity contribution in [2.45, 2.75) is 118 Å². The molecule has 3 spiro atoms. The van der Waals surface area contributed by atoms with Crippen molar-refractivity contribution in [1.82, 2.24) is 14.7 Å². The van der Waals surface area contributed by atoms with Crippen LogP contribution in [-0.4, -0.2) is 95.6 Å². The Morgan fingerprint density at radius 1 is 0.591 bits per heavy atom. The number of para-hydroxylation sites is 3. The molecule has 11 aliphatic heterocycles. The topological polar surface area (TPSA) is 36.5 Å². The van der Waals surface area contributed by atoms with E-state index in [0.717, 1.165) is 51.0 Å². The number of fused-ring (bicyclic) bond motifs is 12. The molecule has 66 heavy (non-hydrogen) atoms. The van der Waals surface area contributed by atoms with Crippen molar-refractivity contribution in [1.29, 1.82) is 0 Å². The molecule has 9 fully saturated rings. The van der Waals surface area contributed by atoms with Crippen LogP contribution in [0.4, 0.5) is 17.1 Å². The zero-order valence-corrected chi connectivity index (χ0v) is 38.6. The summed E-state index contributed by atoms with van der Waals surface area (Å²) in [6.45, 7) is 12.3. The van der Waals surface area contributed by atoms with E-state index >= 15 is 4.79 Å². The molecule has 3 aliphatic carbocycles. The molecule has 0 aromatic heterocycles. The number of piperidine rings is 3. The standard InChI is InChI=1S/C59H60N6O/c1-4-33-28-61-22-20-58-45-15-9-12-18-48(45)65-55(58)39(36(33)24-51(58)61)23-40(56(65)66)49-27-59-44-14-8-11-17-47(44)64-31-41-37-25-50-57(19-21-60(50)29-34(37)5-2)43-13-7-10-16-46(43)63(53(41)57)32-42(54(59)64)38-26-52(59)62(49)30-35(38)6-3/h4-18,23,31-32,36-39,49-55H,19-22,24-30H2,1-3H3/b33-4+,34-5?,35-6?,41-31?,42-32?/t36-,37-,38-,39-,49+,50-,51-,52-,53+,54+,55-,57+,58+,59+/m0/s1. The number of allylic oxidation sites excluding steroid dienone is 3. The highest BCUT2D eigenvalue weighted by molar-refractivity contribution is 6.10. The van der Waals surface area contributed by atoms with Gasteiger partial charge >= 0.3 is 0 Å². The molecule has 11 heterocycles. The summed E-state index contributed by atoms with van der Waals surface area (Å²) in [7, 11) is 0. The van der Waals surface area contributed by atoms with E-state index in [0.29, 0.717) is 53.7 Å². The van der Waals surface area contributed by atoms with E-state index in [1.54, 1.807) is 33.4 Å². The normalized spacial score (nSPS) is 45.0. The molecule has 17 rings (SSSR count). The summed E-state index contributed by atoms with van der Waals surface area (Å²) in [4.78, 5) is 32.8. The maximum Gasteiger partial charge on any atom is 0.255 e. The third-order valence-electron chi connectivity index (χ3n) is 22.0. The Bertz CT molecular complexity index is 2990. The maximum absolute atomic E-state index is 16.1. The molecular weight excluding hydrogens is 809 g/mol. The Morgan fingerprint density at radius 2 is 1.14 bits per heavy atom. The number of carbonyl (C=O) groups is 1. The van der Waals surface area contributed by atoms with Gasteiger partial charge in [0.2, 0.25) is 0 Å². The van der Waals surface area contributed by atoms with E-state index in [2.05, 4.69) is 160 Å². The fourth-order valence-electron chi connectivity index (χ4n) is 20.0. The summed E-state index contributed by atoms with van der Waals surface area (Å²) in [6, 6.07) is 30.5. The van der Waals surface area contributed by atoms with Gasteiger partial charge < -0.3 is 14.7 Å². The molecule has 332 valence electrons. The first kappa shape index (κ1) is 37.1. The minimum Gasteiger partial charge on any atom is -0.339 e. The van der Waals surface area contributed by atoms with E-state index in [1.165, 1.54) is 54.0 Å². The van der Waals surface area contributed by atoms with Crippen LogP contribution in [0.5, 0.6) is 0 Å². The lowest BCUT2D eigenvalue weighted by atomic mass is 9.54. The highest BCUT2D eigenvalue weighted by atomic mass is 16.2. The van der Waals surface area contributed by atoms with Crippen molar-refractivity contribution in [3.63, 3.8) is 0 Å². The van der Waals surface area contributed by atoms with Crippen molar-refractivity contribution >= 4 is 23.0 Å². The molecule has 14 aliphatic rings. The number of carbonyl (C=O) groups excluding carboxylic acids is 1. The molecule has 3 saturated carbocycles. The van der Waals surface area contributed by atoms with Gasteiger partial charge in [-0.25, -0.2) is 0 Å². The van der Waals surface area contributed by atoms with E-state index in [4.69, 9.17) is 0 Å².